The number of hydrogen-bond donors (Lipinski definition) is 6. The second kappa shape index (κ2) is 53.0. The van der Waals surface area contributed by atoms with Gasteiger partial charge in [0.05, 0.1) is 25.4 Å². The third-order valence-electron chi connectivity index (χ3n) is 13.7. The minimum atomic E-state index is -1.63. The van der Waals surface area contributed by atoms with Crippen LogP contribution in [0.5, 0.6) is 0 Å². The van der Waals surface area contributed by atoms with E-state index in [1.54, 1.807) is 6.08 Å². The highest BCUT2D eigenvalue weighted by Crippen LogP contribution is 2.26. The van der Waals surface area contributed by atoms with E-state index in [1.165, 1.54) is 70.6 Å². The van der Waals surface area contributed by atoms with E-state index in [0.29, 0.717) is 19.3 Å². The molecule has 0 bridgehead atoms. The summed E-state index contributed by atoms with van der Waals surface area (Å²) in [5.41, 5.74) is 0. The molecule has 0 saturated carbocycles. The van der Waals surface area contributed by atoms with Gasteiger partial charge in [0.1, 0.15) is 24.4 Å². The van der Waals surface area contributed by atoms with E-state index in [4.69, 9.17) is 14.2 Å². The van der Waals surface area contributed by atoms with Gasteiger partial charge in [0.15, 0.2) is 12.4 Å². The molecule has 8 unspecified atom stereocenters. The molecule has 0 aromatic rings. The van der Waals surface area contributed by atoms with Crippen LogP contribution in [0.4, 0.5) is 0 Å². The smallest absolute Gasteiger partial charge is 0.306 e. The fraction of sp³-hybridized carbons (Fsp3) is 0.697. The Labute approximate surface area is 468 Å². The largest absolute Gasteiger partial charge is 0.454 e. The van der Waals surface area contributed by atoms with Gasteiger partial charge >= 0.3 is 5.97 Å². The van der Waals surface area contributed by atoms with Crippen LogP contribution < -0.4 is 5.32 Å². The number of esters is 1. The average molecular weight is 1080 g/mol. The lowest BCUT2D eigenvalue weighted by molar-refractivity contribution is -0.305. The Morgan fingerprint density at radius 2 is 0.974 bits per heavy atom. The number of carbonyl (C=O) groups excluding carboxylic acids is 2. The number of aliphatic hydroxyl groups excluding tert-OH is 5. The van der Waals surface area contributed by atoms with E-state index in [1.807, 2.05) is 12.2 Å². The molecule has 1 aliphatic rings. The van der Waals surface area contributed by atoms with Crippen molar-refractivity contribution in [3.8, 4) is 0 Å². The van der Waals surface area contributed by atoms with Crippen molar-refractivity contribution in [3.63, 3.8) is 0 Å². The molecule has 0 aromatic carbocycles. The Kier molecular flexibility index (Phi) is 49.1. The van der Waals surface area contributed by atoms with Crippen LogP contribution in [0.1, 0.15) is 233 Å². The number of allylic oxidation sites excluding steroid dienone is 17. The zero-order valence-corrected chi connectivity index (χ0v) is 48.5. The Morgan fingerprint density at radius 3 is 1.49 bits per heavy atom. The van der Waals surface area contributed by atoms with Gasteiger partial charge in [0.2, 0.25) is 5.91 Å². The molecule has 0 aliphatic carbocycles. The summed E-state index contributed by atoms with van der Waals surface area (Å²) in [6.07, 6.45) is 61.2. The SMILES string of the molecule is CC/C=C\C/C=C\C/C=C\C/C=C\C/C=C\C/C=C\CCCC(O)C(=O)NC(COC1OC(CO)C(O)C(O)C1OC(=O)CCCCCCCC/C=C/C=C/CCCCC)C(O)/C=C/CCCCCCCCCCCCC. The fourth-order valence-electron chi connectivity index (χ4n) is 8.83. The van der Waals surface area contributed by atoms with Crippen molar-refractivity contribution >= 4 is 11.9 Å². The molecule has 6 N–H and O–H groups in total. The number of rotatable bonds is 50. The van der Waals surface area contributed by atoms with Crippen molar-refractivity contribution in [1.29, 1.82) is 0 Å². The maximum Gasteiger partial charge on any atom is 0.306 e. The monoisotopic (exact) mass is 1080 g/mol. The highest BCUT2D eigenvalue weighted by molar-refractivity contribution is 5.80. The lowest BCUT2D eigenvalue weighted by atomic mass is 9.99. The summed E-state index contributed by atoms with van der Waals surface area (Å²) in [6.45, 7) is 5.60. The fourth-order valence-corrected chi connectivity index (χ4v) is 8.83. The van der Waals surface area contributed by atoms with Gasteiger partial charge in [-0.1, -0.05) is 233 Å². The summed E-state index contributed by atoms with van der Waals surface area (Å²) >= 11 is 0. The predicted molar refractivity (Wildman–Crippen MR) is 319 cm³/mol. The van der Waals surface area contributed by atoms with E-state index in [0.717, 1.165) is 109 Å². The number of hydrogen-bond acceptors (Lipinski definition) is 10. The zero-order valence-electron chi connectivity index (χ0n) is 48.5. The number of amides is 1. The van der Waals surface area contributed by atoms with Crippen LogP contribution in [0.3, 0.4) is 0 Å². The molecule has 0 aromatic heterocycles. The predicted octanol–water partition coefficient (Wildman–Crippen LogP) is 14.5. The number of nitrogens with one attached hydrogen (secondary N) is 1. The zero-order chi connectivity index (χ0) is 56.1. The summed E-state index contributed by atoms with van der Waals surface area (Å²) in [5, 5.41) is 56.9. The number of carbonyl (C=O) groups is 2. The number of ether oxygens (including phenoxy) is 3. The van der Waals surface area contributed by atoms with E-state index < -0.39 is 67.4 Å². The summed E-state index contributed by atoms with van der Waals surface area (Å²) in [4.78, 5) is 26.5. The lowest BCUT2D eigenvalue weighted by Crippen LogP contribution is -2.61. The van der Waals surface area contributed by atoms with Crippen LogP contribution in [-0.2, 0) is 23.8 Å². The topological polar surface area (TPSA) is 175 Å². The molecule has 1 saturated heterocycles. The summed E-state index contributed by atoms with van der Waals surface area (Å²) in [5.74, 6) is -1.26. The maximum absolute atomic E-state index is 13.4. The van der Waals surface area contributed by atoms with Gasteiger partial charge in [-0.3, -0.25) is 9.59 Å². The van der Waals surface area contributed by atoms with E-state index in [9.17, 15) is 35.1 Å². The van der Waals surface area contributed by atoms with Crippen molar-refractivity contribution in [2.75, 3.05) is 13.2 Å². The quantitative estimate of drug-likeness (QED) is 0.0149. The Balaban J connectivity index is 2.76. The summed E-state index contributed by atoms with van der Waals surface area (Å²) < 4.78 is 17.6. The van der Waals surface area contributed by atoms with Crippen LogP contribution in [0.25, 0.3) is 0 Å². The molecule has 0 spiro atoms. The number of unbranched alkanes of at least 4 members (excludes halogenated alkanes) is 21. The van der Waals surface area contributed by atoms with Crippen molar-refractivity contribution in [3.05, 3.63) is 109 Å². The second-order valence-corrected chi connectivity index (χ2v) is 20.7. The normalized spacial score (nSPS) is 19.8. The van der Waals surface area contributed by atoms with Gasteiger partial charge in [-0.05, 0) is 103 Å². The molecule has 1 aliphatic heterocycles. The summed E-state index contributed by atoms with van der Waals surface area (Å²) in [6, 6.07) is -1.06. The van der Waals surface area contributed by atoms with Crippen molar-refractivity contribution in [2.24, 2.45) is 0 Å². The molecule has 11 nitrogen and oxygen atoms in total. The van der Waals surface area contributed by atoms with Gasteiger partial charge in [0.25, 0.3) is 0 Å². The second-order valence-electron chi connectivity index (χ2n) is 20.7. The van der Waals surface area contributed by atoms with Crippen LogP contribution in [0.15, 0.2) is 109 Å². The van der Waals surface area contributed by atoms with Crippen LogP contribution in [0.2, 0.25) is 0 Å². The molecular weight excluding hydrogens is 967 g/mol. The van der Waals surface area contributed by atoms with E-state index in [-0.39, 0.29) is 19.4 Å². The molecule has 11 heteroatoms. The van der Waals surface area contributed by atoms with Crippen LogP contribution in [-0.4, -0.2) is 99.6 Å². The molecule has 1 amide bonds. The Morgan fingerprint density at radius 1 is 0.532 bits per heavy atom. The Hall–Kier alpha value is -3.68. The molecule has 1 rings (SSSR count). The first-order valence-electron chi connectivity index (χ1n) is 30.7. The van der Waals surface area contributed by atoms with Gasteiger partial charge in [0, 0.05) is 6.42 Å². The highest BCUT2D eigenvalue weighted by Gasteiger charge is 2.47. The minimum Gasteiger partial charge on any atom is -0.454 e. The highest BCUT2D eigenvalue weighted by atomic mass is 16.7. The molecule has 77 heavy (non-hydrogen) atoms. The molecule has 0 radical (unpaired) electrons. The Bertz CT molecular complexity index is 1660. The van der Waals surface area contributed by atoms with Crippen LogP contribution in [0, 0.1) is 0 Å². The third kappa shape index (κ3) is 41.1. The van der Waals surface area contributed by atoms with Gasteiger partial charge < -0.3 is 45.1 Å². The molecule has 1 fully saturated rings. The standard InChI is InChI=1S/C66H111NO10/c1-4-7-10-13-16-19-22-25-27-28-29-30-31-33-35-38-41-44-47-50-53-59(70)65(74)67-57(58(69)52-49-46-43-40-37-34-24-21-18-15-12-9-6-3)56-75-66-64(63(73)62(72)60(55-68)76-66)77-61(71)54-51-48-45-42-39-36-32-26-23-20-17-14-11-8-5-2/h7,10,16-17,19-20,23,25-27,29-30,33,35,41,44,49,52,57-60,62-64,66,68-70,72-73H,4-6,8-9,11-15,18,21-22,24,28,31-32,34,36-40,42-43,45-48,50-51,53-56H2,1-3H3,(H,67,74)/b10-7-,19-16-,20-17+,26-23+,27-25-,30-29-,35-33-,44-41-,52-49+. The maximum atomic E-state index is 13.4. The molecule has 8 atom stereocenters. The van der Waals surface area contributed by atoms with Crippen molar-refractivity contribution < 1.29 is 49.3 Å². The van der Waals surface area contributed by atoms with Crippen molar-refractivity contribution in [2.45, 2.75) is 282 Å². The van der Waals surface area contributed by atoms with Gasteiger partial charge in [-0.2, -0.15) is 0 Å². The molecule has 1 heterocycles. The molecular formula is C66H111NO10. The molecule has 440 valence electrons. The minimum absolute atomic E-state index is 0.0993. The van der Waals surface area contributed by atoms with Crippen LogP contribution >= 0.6 is 0 Å². The summed E-state index contributed by atoms with van der Waals surface area (Å²) in [7, 11) is 0. The average Bonchev–Trinajstić information content (AvgIpc) is 3.43. The first-order chi connectivity index (χ1) is 37.7. The van der Waals surface area contributed by atoms with Gasteiger partial charge in [-0.15, -0.1) is 0 Å². The van der Waals surface area contributed by atoms with E-state index >= 15 is 0 Å². The van der Waals surface area contributed by atoms with E-state index in [2.05, 4.69) is 117 Å². The first-order valence-corrected chi connectivity index (χ1v) is 30.7. The van der Waals surface area contributed by atoms with Crippen molar-refractivity contribution in [1.82, 2.24) is 5.32 Å². The number of aliphatic hydroxyl groups is 5. The first kappa shape index (κ1) is 71.3. The lowest BCUT2D eigenvalue weighted by Gasteiger charge is -2.41. The third-order valence-corrected chi connectivity index (χ3v) is 13.7. The van der Waals surface area contributed by atoms with Gasteiger partial charge in [-0.25, -0.2) is 0 Å².